The van der Waals surface area contributed by atoms with Gasteiger partial charge in [-0.3, -0.25) is 0 Å². The van der Waals surface area contributed by atoms with Gasteiger partial charge in [-0.2, -0.15) is 0 Å². The van der Waals surface area contributed by atoms with E-state index in [1.54, 1.807) is 13.2 Å². The lowest BCUT2D eigenvalue weighted by atomic mass is 10.2. The predicted octanol–water partition coefficient (Wildman–Crippen LogP) is 2.52. The van der Waals surface area contributed by atoms with Crippen LogP contribution in [0, 0.1) is 5.82 Å². The van der Waals surface area contributed by atoms with Gasteiger partial charge in [0.15, 0.2) is 0 Å². The van der Waals surface area contributed by atoms with Crippen LogP contribution in [0.1, 0.15) is 12.5 Å². The third-order valence-electron chi connectivity index (χ3n) is 2.40. The molecule has 1 N–H and O–H groups in total. The predicted molar refractivity (Wildman–Crippen MR) is 70.3 cm³/mol. The maximum atomic E-state index is 13.4. The summed E-state index contributed by atoms with van der Waals surface area (Å²) in [6.07, 6.45) is 1.53. The summed E-state index contributed by atoms with van der Waals surface area (Å²) in [6, 6.07) is 4.69. The van der Waals surface area contributed by atoms with Gasteiger partial charge in [0.05, 0.1) is 6.61 Å². The van der Waals surface area contributed by atoms with Crippen LogP contribution in [0.2, 0.25) is 0 Å². The standard InChI is InChI=1S/C14H20FNO2/c1-4-11(2)18-14-8-12(7-13(15)9-14)10-16-5-6-17-3/h4,7-9,11,16H,1,5-6,10H2,2-3H3. The molecule has 4 heteroatoms. The monoisotopic (exact) mass is 253 g/mol. The minimum atomic E-state index is -0.299. The molecule has 100 valence electrons. The molecule has 0 saturated heterocycles. The van der Waals surface area contributed by atoms with Crippen molar-refractivity contribution in [1.29, 1.82) is 0 Å². The summed E-state index contributed by atoms with van der Waals surface area (Å²) in [6.45, 7) is 7.43. The van der Waals surface area contributed by atoms with E-state index in [0.717, 1.165) is 12.1 Å². The topological polar surface area (TPSA) is 30.5 Å². The first-order valence-corrected chi connectivity index (χ1v) is 5.94. The van der Waals surface area contributed by atoms with Gasteiger partial charge in [-0.15, -0.1) is 0 Å². The molecule has 1 aromatic rings. The second kappa shape index (κ2) is 7.84. The minimum absolute atomic E-state index is 0.138. The summed E-state index contributed by atoms with van der Waals surface area (Å²) >= 11 is 0. The van der Waals surface area contributed by atoms with Crippen molar-refractivity contribution in [3.63, 3.8) is 0 Å². The normalized spacial score (nSPS) is 12.2. The highest BCUT2D eigenvalue weighted by Crippen LogP contribution is 2.18. The smallest absolute Gasteiger partial charge is 0.127 e. The fourth-order valence-electron chi connectivity index (χ4n) is 1.46. The van der Waals surface area contributed by atoms with E-state index in [2.05, 4.69) is 11.9 Å². The second-order valence-corrected chi connectivity index (χ2v) is 4.02. The molecular formula is C14H20FNO2. The molecule has 0 heterocycles. The molecule has 0 bridgehead atoms. The maximum absolute atomic E-state index is 13.4. The van der Waals surface area contributed by atoms with Gasteiger partial charge in [-0.25, -0.2) is 4.39 Å². The van der Waals surface area contributed by atoms with Crippen LogP contribution in [0.5, 0.6) is 5.75 Å². The molecule has 1 aromatic carbocycles. The van der Waals surface area contributed by atoms with Gasteiger partial charge in [0.2, 0.25) is 0 Å². The molecule has 0 saturated carbocycles. The number of ether oxygens (including phenoxy) is 2. The Morgan fingerprint density at radius 3 is 2.89 bits per heavy atom. The summed E-state index contributed by atoms with van der Waals surface area (Å²) in [7, 11) is 1.65. The number of benzene rings is 1. The van der Waals surface area contributed by atoms with Gasteiger partial charge in [0.25, 0.3) is 0 Å². The quantitative estimate of drug-likeness (QED) is 0.570. The van der Waals surface area contributed by atoms with Crippen LogP contribution in [0.3, 0.4) is 0 Å². The highest BCUT2D eigenvalue weighted by atomic mass is 19.1. The van der Waals surface area contributed by atoms with E-state index in [4.69, 9.17) is 9.47 Å². The highest BCUT2D eigenvalue weighted by Gasteiger charge is 2.04. The first kappa shape index (κ1) is 14.7. The molecule has 0 aliphatic rings. The summed E-state index contributed by atoms with van der Waals surface area (Å²) in [5.41, 5.74) is 0.845. The molecule has 0 fully saturated rings. The van der Waals surface area contributed by atoms with E-state index >= 15 is 0 Å². The lowest BCUT2D eigenvalue weighted by Gasteiger charge is -2.12. The van der Waals surface area contributed by atoms with Crippen molar-refractivity contribution in [2.45, 2.75) is 19.6 Å². The third kappa shape index (κ3) is 5.29. The van der Waals surface area contributed by atoms with Crippen molar-refractivity contribution in [2.75, 3.05) is 20.3 Å². The van der Waals surface area contributed by atoms with Crippen LogP contribution in [0.25, 0.3) is 0 Å². The Morgan fingerprint density at radius 1 is 1.44 bits per heavy atom. The van der Waals surface area contributed by atoms with Gasteiger partial charge in [-0.05, 0) is 24.6 Å². The lowest BCUT2D eigenvalue weighted by Crippen LogP contribution is -2.18. The third-order valence-corrected chi connectivity index (χ3v) is 2.40. The molecule has 3 nitrogen and oxygen atoms in total. The Labute approximate surface area is 108 Å². The Kier molecular flexibility index (Phi) is 6.39. The first-order valence-electron chi connectivity index (χ1n) is 5.94. The number of methoxy groups -OCH3 is 1. The molecule has 0 radical (unpaired) electrons. The minimum Gasteiger partial charge on any atom is -0.487 e. The van der Waals surface area contributed by atoms with E-state index in [1.165, 1.54) is 12.1 Å². The molecule has 0 aliphatic heterocycles. The number of nitrogens with one attached hydrogen (secondary N) is 1. The van der Waals surface area contributed by atoms with Crippen LogP contribution in [-0.4, -0.2) is 26.4 Å². The zero-order valence-electron chi connectivity index (χ0n) is 10.9. The zero-order valence-corrected chi connectivity index (χ0v) is 10.9. The van der Waals surface area contributed by atoms with Crippen LogP contribution >= 0.6 is 0 Å². The largest absolute Gasteiger partial charge is 0.487 e. The van der Waals surface area contributed by atoms with Crippen molar-refractivity contribution < 1.29 is 13.9 Å². The molecule has 18 heavy (non-hydrogen) atoms. The number of halogens is 1. The van der Waals surface area contributed by atoms with Gasteiger partial charge >= 0.3 is 0 Å². The SMILES string of the molecule is C=CC(C)Oc1cc(F)cc(CNCCOC)c1. The second-order valence-electron chi connectivity index (χ2n) is 4.02. The Balaban J connectivity index is 2.59. The van der Waals surface area contributed by atoms with Crippen molar-refractivity contribution >= 4 is 0 Å². The average molecular weight is 253 g/mol. The Bertz CT molecular complexity index is 382. The Hall–Kier alpha value is -1.39. The van der Waals surface area contributed by atoms with Crippen molar-refractivity contribution in [3.05, 3.63) is 42.2 Å². The van der Waals surface area contributed by atoms with Crippen molar-refractivity contribution in [1.82, 2.24) is 5.32 Å². The molecule has 1 rings (SSSR count). The zero-order chi connectivity index (χ0) is 13.4. The summed E-state index contributed by atoms with van der Waals surface area (Å²) in [5.74, 6) is 0.221. The first-order chi connectivity index (χ1) is 8.65. The van der Waals surface area contributed by atoms with Crippen LogP contribution in [0.4, 0.5) is 4.39 Å². The van der Waals surface area contributed by atoms with Crippen LogP contribution in [-0.2, 0) is 11.3 Å². The van der Waals surface area contributed by atoms with Crippen molar-refractivity contribution in [2.24, 2.45) is 0 Å². The number of hydrogen-bond donors (Lipinski definition) is 1. The van der Waals surface area contributed by atoms with Crippen molar-refractivity contribution in [3.8, 4) is 5.75 Å². The molecule has 0 aromatic heterocycles. The molecule has 1 unspecified atom stereocenters. The van der Waals surface area contributed by atoms with E-state index in [-0.39, 0.29) is 11.9 Å². The van der Waals surface area contributed by atoms with Crippen LogP contribution in [0.15, 0.2) is 30.9 Å². The Morgan fingerprint density at radius 2 is 2.22 bits per heavy atom. The van der Waals surface area contributed by atoms with Crippen LogP contribution < -0.4 is 10.1 Å². The lowest BCUT2D eigenvalue weighted by molar-refractivity contribution is 0.199. The average Bonchev–Trinajstić information content (AvgIpc) is 2.34. The van der Waals surface area contributed by atoms with E-state index < -0.39 is 0 Å². The van der Waals surface area contributed by atoms with E-state index in [9.17, 15) is 4.39 Å². The molecular weight excluding hydrogens is 233 g/mol. The molecule has 0 aliphatic carbocycles. The number of rotatable bonds is 8. The van der Waals surface area contributed by atoms with E-state index in [1.807, 2.05) is 13.0 Å². The fraction of sp³-hybridized carbons (Fsp3) is 0.429. The van der Waals surface area contributed by atoms with Gasteiger partial charge < -0.3 is 14.8 Å². The van der Waals surface area contributed by atoms with E-state index in [0.29, 0.717) is 18.9 Å². The summed E-state index contributed by atoms with van der Waals surface area (Å²) in [4.78, 5) is 0. The summed E-state index contributed by atoms with van der Waals surface area (Å²) in [5, 5.41) is 3.16. The fourth-order valence-corrected chi connectivity index (χ4v) is 1.46. The number of hydrogen-bond acceptors (Lipinski definition) is 3. The molecule has 0 amide bonds. The van der Waals surface area contributed by atoms with Gasteiger partial charge in [0, 0.05) is 26.3 Å². The summed E-state index contributed by atoms with van der Waals surface area (Å²) < 4.78 is 23.8. The molecule has 0 spiro atoms. The highest BCUT2D eigenvalue weighted by molar-refractivity contribution is 5.30. The van der Waals surface area contributed by atoms with Gasteiger partial charge in [-0.1, -0.05) is 12.7 Å². The molecule has 1 atom stereocenters. The maximum Gasteiger partial charge on any atom is 0.127 e. The van der Waals surface area contributed by atoms with Gasteiger partial charge in [0.1, 0.15) is 17.7 Å².